The molecule has 0 radical (unpaired) electrons. The SMILES string of the molecule is CC(O/N=C(\N)c1cccs1)C(=O)N1CCCCCC1. The predicted molar refractivity (Wildman–Crippen MR) is 80.6 cm³/mol. The van der Waals surface area contributed by atoms with Crippen LogP contribution in [0.4, 0.5) is 0 Å². The monoisotopic (exact) mass is 295 g/mol. The number of nitrogens with zero attached hydrogens (tertiary/aromatic N) is 2. The average Bonchev–Trinajstić information content (AvgIpc) is 2.86. The van der Waals surface area contributed by atoms with Gasteiger partial charge >= 0.3 is 0 Å². The molecule has 20 heavy (non-hydrogen) atoms. The molecular formula is C14H21N3O2S. The fourth-order valence-electron chi connectivity index (χ4n) is 2.20. The molecule has 1 saturated heterocycles. The first-order chi connectivity index (χ1) is 9.68. The number of rotatable bonds is 4. The number of hydrogen-bond acceptors (Lipinski definition) is 4. The highest BCUT2D eigenvalue weighted by atomic mass is 32.1. The van der Waals surface area contributed by atoms with E-state index >= 15 is 0 Å². The number of carbonyl (C=O) groups excluding carboxylic acids is 1. The van der Waals surface area contributed by atoms with Crippen LogP contribution >= 0.6 is 11.3 Å². The standard InChI is InChI=1S/C14H21N3O2S/c1-11(14(18)17-8-4-2-3-5-9-17)19-16-13(15)12-7-6-10-20-12/h6-7,10-11H,2-5,8-9H2,1H3,(H2,15,16). The highest BCUT2D eigenvalue weighted by Crippen LogP contribution is 2.12. The van der Waals surface area contributed by atoms with Gasteiger partial charge in [0, 0.05) is 13.1 Å². The third kappa shape index (κ3) is 3.96. The van der Waals surface area contributed by atoms with Crippen molar-refractivity contribution in [2.24, 2.45) is 10.9 Å². The number of hydrogen-bond donors (Lipinski definition) is 1. The predicted octanol–water partition coefficient (Wildman–Crippen LogP) is 2.18. The molecule has 2 rings (SSSR count). The Kier molecular flexibility index (Phi) is 5.40. The lowest BCUT2D eigenvalue weighted by Gasteiger charge is -2.22. The van der Waals surface area contributed by atoms with E-state index in [0.717, 1.165) is 30.8 Å². The lowest BCUT2D eigenvalue weighted by atomic mass is 10.2. The molecule has 6 heteroatoms. The fraction of sp³-hybridized carbons (Fsp3) is 0.571. The first-order valence-electron chi connectivity index (χ1n) is 7.00. The van der Waals surface area contributed by atoms with E-state index in [-0.39, 0.29) is 5.91 Å². The molecule has 1 fully saturated rings. The molecule has 5 nitrogen and oxygen atoms in total. The van der Waals surface area contributed by atoms with Crippen LogP contribution in [0, 0.1) is 0 Å². The van der Waals surface area contributed by atoms with Crippen molar-refractivity contribution in [2.45, 2.75) is 38.7 Å². The molecule has 2 heterocycles. The number of nitrogens with two attached hydrogens (primary N) is 1. The zero-order chi connectivity index (χ0) is 14.4. The third-order valence-electron chi connectivity index (χ3n) is 3.35. The van der Waals surface area contributed by atoms with E-state index in [1.54, 1.807) is 6.92 Å². The molecule has 0 spiro atoms. The van der Waals surface area contributed by atoms with Crippen LogP contribution in [-0.4, -0.2) is 35.8 Å². The summed E-state index contributed by atoms with van der Waals surface area (Å²) < 4.78 is 0. The molecule has 1 atom stereocenters. The summed E-state index contributed by atoms with van der Waals surface area (Å²) in [6.45, 7) is 3.35. The summed E-state index contributed by atoms with van der Waals surface area (Å²) in [7, 11) is 0. The molecule has 110 valence electrons. The molecular weight excluding hydrogens is 274 g/mol. The smallest absolute Gasteiger partial charge is 0.266 e. The topological polar surface area (TPSA) is 67.9 Å². The molecule has 1 aliphatic rings. The maximum atomic E-state index is 12.2. The van der Waals surface area contributed by atoms with E-state index in [0.29, 0.717) is 5.84 Å². The number of likely N-dealkylation sites (tertiary alicyclic amines) is 1. The van der Waals surface area contributed by atoms with Gasteiger partial charge in [-0.3, -0.25) is 4.79 Å². The maximum Gasteiger partial charge on any atom is 0.266 e. The van der Waals surface area contributed by atoms with Crippen LogP contribution in [-0.2, 0) is 9.63 Å². The fourth-order valence-corrected chi connectivity index (χ4v) is 2.82. The Hall–Kier alpha value is -1.56. The summed E-state index contributed by atoms with van der Waals surface area (Å²) in [5, 5.41) is 5.78. The van der Waals surface area contributed by atoms with Crippen LogP contribution in [0.25, 0.3) is 0 Å². The summed E-state index contributed by atoms with van der Waals surface area (Å²) in [6, 6.07) is 3.77. The summed E-state index contributed by atoms with van der Waals surface area (Å²) in [5.74, 6) is 0.310. The minimum atomic E-state index is -0.591. The Morgan fingerprint density at radius 2 is 2.10 bits per heavy atom. The summed E-state index contributed by atoms with van der Waals surface area (Å²) >= 11 is 1.49. The van der Waals surface area contributed by atoms with Gasteiger partial charge < -0.3 is 15.5 Å². The second-order valence-electron chi connectivity index (χ2n) is 4.94. The van der Waals surface area contributed by atoms with E-state index in [1.807, 2.05) is 22.4 Å². The molecule has 0 bridgehead atoms. The van der Waals surface area contributed by atoms with Crippen molar-refractivity contribution in [3.05, 3.63) is 22.4 Å². The van der Waals surface area contributed by atoms with Crippen LogP contribution < -0.4 is 5.73 Å². The van der Waals surface area contributed by atoms with E-state index in [4.69, 9.17) is 10.6 Å². The van der Waals surface area contributed by atoms with Crippen LogP contribution in [0.3, 0.4) is 0 Å². The molecule has 0 aromatic carbocycles. The zero-order valence-electron chi connectivity index (χ0n) is 11.7. The van der Waals surface area contributed by atoms with Gasteiger partial charge in [-0.25, -0.2) is 0 Å². The third-order valence-corrected chi connectivity index (χ3v) is 4.24. The zero-order valence-corrected chi connectivity index (χ0v) is 12.6. The number of thiophene rings is 1. The Balaban J connectivity index is 1.88. The van der Waals surface area contributed by atoms with Gasteiger partial charge in [-0.2, -0.15) is 0 Å². The van der Waals surface area contributed by atoms with Crippen molar-refractivity contribution in [1.29, 1.82) is 0 Å². The number of amides is 1. The number of carbonyl (C=O) groups is 1. The quantitative estimate of drug-likeness (QED) is 0.526. The van der Waals surface area contributed by atoms with Crippen molar-refractivity contribution in [2.75, 3.05) is 13.1 Å². The van der Waals surface area contributed by atoms with Gasteiger partial charge in [-0.15, -0.1) is 11.3 Å². The van der Waals surface area contributed by atoms with Crippen molar-refractivity contribution in [3.63, 3.8) is 0 Å². The van der Waals surface area contributed by atoms with E-state index in [2.05, 4.69) is 5.16 Å². The molecule has 1 amide bonds. The summed E-state index contributed by atoms with van der Waals surface area (Å²) in [4.78, 5) is 20.2. The molecule has 2 N–H and O–H groups in total. The second kappa shape index (κ2) is 7.28. The normalized spacial score (nSPS) is 18.4. The average molecular weight is 295 g/mol. The van der Waals surface area contributed by atoms with Crippen molar-refractivity contribution >= 4 is 23.1 Å². The van der Waals surface area contributed by atoms with Gasteiger partial charge in [0.05, 0.1) is 4.88 Å². The molecule has 1 aromatic heterocycles. The highest BCUT2D eigenvalue weighted by molar-refractivity contribution is 7.12. The van der Waals surface area contributed by atoms with Crippen LogP contribution in [0.2, 0.25) is 0 Å². The number of amidine groups is 1. The largest absolute Gasteiger partial charge is 0.381 e. The lowest BCUT2D eigenvalue weighted by Crippen LogP contribution is -2.39. The molecule has 1 unspecified atom stereocenters. The van der Waals surface area contributed by atoms with E-state index in [1.165, 1.54) is 24.2 Å². The van der Waals surface area contributed by atoms with E-state index < -0.39 is 6.10 Å². The minimum Gasteiger partial charge on any atom is -0.381 e. The van der Waals surface area contributed by atoms with Gasteiger partial charge in [0.25, 0.3) is 5.91 Å². The first kappa shape index (κ1) is 14.8. The second-order valence-corrected chi connectivity index (χ2v) is 5.89. The van der Waals surface area contributed by atoms with Gasteiger partial charge in [0.1, 0.15) is 0 Å². The molecule has 0 aliphatic carbocycles. The molecule has 1 aromatic rings. The van der Waals surface area contributed by atoms with Gasteiger partial charge in [0.2, 0.25) is 6.10 Å². The van der Waals surface area contributed by atoms with Gasteiger partial charge in [0.15, 0.2) is 5.84 Å². The van der Waals surface area contributed by atoms with Crippen molar-refractivity contribution in [3.8, 4) is 0 Å². The number of oxime groups is 1. The molecule has 0 saturated carbocycles. The van der Waals surface area contributed by atoms with Crippen LogP contribution in [0.5, 0.6) is 0 Å². The van der Waals surface area contributed by atoms with Crippen LogP contribution in [0.1, 0.15) is 37.5 Å². The van der Waals surface area contributed by atoms with Crippen molar-refractivity contribution < 1.29 is 9.63 Å². The Bertz CT molecular complexity index is 451. The highest BCUT2D eigenvalue weighted by Gasteiger charge is 2.22. The Morgan fingerprint density at radius 3 is 2.70 bits per heavy atom. The minimum absolute atomic E-state index is 0.00497. The first-order valence-corrected chi connectivity index (χ1v) is 7.88. The van der Waals surface area contributed by atoms with Gasteiger partial charge in [-0.05, 0) is 31.2 Å². The summed E-state index contributed by atoms with van der Waals surface area (Å²) in [5.41, 5.74) is 5.80. The maximum absolute atomic E-state index is 12.2. The van der Waals surface area contributed by atoms with Crippen LogP contribution in [0.15, 0.2) is 22.7 Å². The van der Waals surface area contributed by atoms with Crippen molar-refractivity contribution in [1.82, 2.24) is 4.90 Å². The lowest BCUT2D eigenvalue weighted by molar-refractivity contribution is -0.142. The Morgan fingerprint density at radius 1 is 1.40 bits per heavy atom. The van der Waals surface area contributed by atoms with E-state index in [9.17, 15) is 4.79 Å². The van der Waals surface area contributed by atoms with Gasteiger partial charge in [-0.1, -0.05) is 24.1 Å². The summed E-state index contributed by atoms with van der Waals surface area (Å²) in [6.07, 6.45) is 3.94. The molecule has 1 aliphatic heterocycles. The Labute approximate surface area is 123 Å².